The molecule has 0 aliphatic heterocycles. The van der Waals surface area contributed by atoms with Gasteiger partial charge in [-0.1, -0.05) is 6.92 Å². The molecular formula is C13H18N2S2. The monoisotopic (exact) mass is 266 g/mol. The first-order valence-corrected chi connectivity index (χ1v) is 7.65. The van der Waals surface area contributed by atoms with Crippen molar-refractivity contribution in [2.75, 3.05) is 0 Å². The molecule has 2 nitrogen and oxygen atoms in total. The van der Waals surface area contributed by atoms with Crippen LogP contribution in [0.25, 0.3) is 0 Å². The Bertz CT molecular complexity index is 434. The Hall–Kier alpha value is -0.680. The Balaban J connectivity index is 1.96. The highest BCUT2D eigenvalue weighted by atomic mass is 32.1. The van der Waals surface area contributed by atoms with Crippen LogP contribution < -0.4 is 11.3 Å². The molecule has 0 aromatic carbocycles. The van der Waals surface area contributed by atoms with Crippen molar-refractivity contribution >= 4 is 22.7 Å². The fourth-order valence-corrected chi connectivity index (χ4v) is 3.58. The van der Waals surface area contributed by atoms with Gasteiger partial charge in [-0.05, 0) is 53.8 Å². The van der Waals surface area contributed by atoms with Crippen molar-refractivity contribution in [2.45, 2.75) is 32.2 Å². The van der Waals surface area contributed by atoms with Crippen molar-refractivity contribution in [3.05, 3.63) is 44.3 Å². The minimum absolute atomic E-state index is 0.278. The van der Waals surface area contributed by atoms with Gasteiger partial charge < -0.3 is 0 Å². The van der Waals surface area contributed by atoms with Crippen LogP contribution in [0.1, 0.15) is 34.7 Å². The first-order chi connectivity index (χ1) is 8.33. The molecule has 1 unspecified atom stereocenters. The lowest BCUT2D eigenvalue weighted by Gasteiger charge is -2.13. The summed E-state index contributed by atoms with van der Waals surface area (Å²) >= 11 is 3.62. The van der Waals surface area contributed by atoms with E-state index in [4.69, 9.17) is 5.84 Å². The van der Waals surface area contributed by atoms with Crippen molar-refractivity contribution in [1.82, 2.24) is 5.43 Å². The number of nitrogens with one attached hydrogen (secondary N) is 1. The summed E-state index contributed by atoms with van der Waals surface area (Å²) in [6, 6.07) is 6.86. The van der Waals surface area contributed by atoms with E-state index in [0.717, 1.165) is 19.3 Å². The van der Waals surface area contributed by atoms with Crippen LogP contribution in [0.3, 0.4) is 0 Å². The fraction of sp³-hybridized carbons (Fsp3) is 0.385. The van der Waals surface area contributed by atoms with Crippen LogP contribution in [-0.2, 0) is 12.8 Å². The zero-order valence-electron chi connectivity index (χ0n) is 9.98. The number of hydrazine groups is 1. The van der Waals surface area contributed by atoms with Crippen molar-refractivity contribution in [3.8, 4) is 0 Å². The van der Waals surface area contributed by atoms with Crippen molar-refractivity contribution in [2.24, 2.45) is 5.84 Å². The first-order valence-electron chi connectivity index (χ1n) is 5.89. The maximum atomic E-state index is 5.65. The van der Waals surface area contributed by atoms with E-state index in [2.05, 4.69) is 41.3 Å². The smallest absolute Gasteiger partial charge is 0.0556 e. The van der Waals surface area contributed by atoms with Gasteiger partial charge in [0.05, 0.1) is 6.04 Å². The number of nitrogens with two attached hydrogens (primary N) is 1. The van der Waals surface area contributed by atoms with Gasteiger partial charge in [0, 0.05) is 9.75 Å². The Morgan fingerprint density at radius 1 is 1.35 bits per heavy atom. The van der Waals surface area contributed by atoms with E-state index in [1.165, 1.54) is 15.3 Å². The summed E-state index contributed by atoms with van der Waals surface area (Å²) in [5.41, 5.74) is 4.34. The van der Waals surface area contributed by atoms with E-state index in [9.17, 15) is 0 Å². The third-order valence-corrected chi connectivity index (χ3v) is 4.95. The minimum Gasteiger partial charge on any atom is -0.271 e. The fourth-order valence-electron chi connectivity index (χ4n) is 1.83. The largest absolute Gasteiger partial charge is 0.271 e. The van der Waals surface area contributed by atoms with Crippen LogP contribution in [0.15, 0.2) is 29.0 Å². The molecule has 2 rings (SSSR count). The molecule has 2 aromatic heterocycles. The molecule has 0 aliphatic carbocycles. The molecule has 2 aromatic rings. The van der Waals surface area contributed by atoms with Gasteiger partial charge in [0.15, 0.2) is 0 Å². The number of hydrogen-bond acceptors (Lipinski definition) is 4. The zero-order valence-corrected chi connectivity index (χ0v) is 11.6. The maximum absolute atomic E-state index is 5.65. The van der Waals surface area contributed by atoms with E-state index in [-0.39, 0.29) is 6.04 Å². The van der Waals surface area contributed by atoms with Gasteiger partial charge in [-0.2, -0.15) is 11.3 Å². The summed E-state index contributed by atoms with van der Waals surface area (Å²) in [4.78, 5) is 2.77. The summed E-state index contributed by atoms with van der Waals surface area (Å²) < 4.78 is 0. The second kappa shape index (κ2) is 6.31. The molecule has 3 N–H and O–H groups in total. The molecule has 0 radical (unpaired) electrons. The van der Waals surface area contributed by atoms with Crippen molar-refractivity contribution < 1.29 is 0 Å². The maximum Gasteiger partial charge on any atom is 0.0556 e. The molecule has 17 heavy (non-hydrogen) atoms. The first kappa shape index (κ1) is 12.8. The average Bonchev–Trinajstić information content (AvgIpc) is 3.00. The lowest BCUT2D eigenvalue weighted by Crippen LogP contribution is -2.27. The second-order valence-electron chi connectivity index (χ2n) is 4.05. The quantitative estimate of drug-likeness (QED) is 0.620. The van der Waals surface area contributed by atoms with Crippen LogP contribution in [0.2, 0.25) is 0 Å². The molecule has 0 amide bonds. The van der Waals surface area contributed by atoms with E-state index in [1.807, 2.05) is 11.3 Å². The van der Waals surface area contributed by atoms with Crippen LogP contribution in [0.5, 0.6) is 0 Å². The lowest BCUT2D eigenvalue weighted by atomic mass is 10.1. The molecule has 4 heteroatoms. The number of hydrogen-bond donors (Lipinski definition) is 2. The normalized spacial score (nSPS) is 12.8. The van der Waals surface area contributed by atoms with Gasteiger partial charge in [-0.3, -0.25) is 11.3 Å². The van der Waals surface area contributed by atoms with Gasteiger partial charge >= 0.3 is 0 Å². The number of thiophene rings is 2. The van der Waals surface area contributed by atoms with Crippen LogP contribution >= 0.6 is 22.7 Å². The molecule has 0 fully saturated rings. The molecule has 0 saturated heterocycles. The lowest BCUT2D eigenvalue weighted by molar-refractivity contribution is 0.524. The van der Waals surface area contributed by atoms with Gasteiger partial charge in [0.25, 0.3) is 0 Å². The van der Waals surface area contributed by atoms with Crippen LogP contribution in [-0.4, -0.2) is 0 Å². The Labute approximate surface area is 110 Å². The Kier molecular flexibility index (Phi) is 4.74. The van der Waals surface area contributed by atoms with Crippen molar-refractivity contribution in [1.29, 1.82) is 0 Å². The summed E-state index contributed by atoms with van der Waals surface area (Å²) in [6.07, 6.45) is 3.24. The van der Waals surface area contributed by atoms with Gasteiger partial charge in [-0.15, -0.1) is 11.3 Å². The highest BCUT2D eigenvalue weighted by Gasteiger charge is 2.12. The average molecular weight is 266 g/mol. The minimum atomic E-state index is 0.278. The van der Waals surface area contributed by atoms with Gasteiger partial charge in [0.2, 0.25) is 0 Å². The molecular weight excluding hydrogens is 248 g/mol. The van der Waals surface area contributed by atoms with Crippen LogP contribution in [0, 0.1) is 0 Å². The van der Waals surface area contributed by atoms with E-state index in [1.54, 1.807) is 11.3 Å². The van der Waals surface area contributed by atoms with E-state index < -0.39 is 0 Å². The summed E-state index contributed by atoms with van der Waals surface area (Å²) in [7, 11) is 0. The van der Waals surface area contributed by atoms with Crippen LogP contribution in [0.4, 0.5) is 0 Å². The van der Waals surface area contributed by atoms with Gasteiger partial charge in [0.1, 0.15) is 0 Å². The highest BCUT2D eigenvalue weighted by Crippen LogP contribution is 2.26. The zero-order chi connectivity index (χ0) is 12.1. The molecule has 0 aliphatic rings. The predicted molar refractivity (Wildman–Crippen MR) is 76.4 cm³/mol. The molecule has 2 heterocycles. The SMILES string of the molecule is CCc1ccc(C(CCc2ccsc2)NN)s1. The molecule has 0 saturated carbocycles. The second-order valence-corrected chi connectivity index (χ2v) is 6.03. The number of aryl methyl sites for hydroxylation is 2. The van der Waals surface area contributed by atoms with E-state index >= 15 is 0 Å². The van der Waals surface area contributed by atoms with Gasteiger partial charge in [-0.25, -0.2) is 0 Å². The molecule has 0 bridgehead atoms. The number of rotatable bonds is 6. The summed E-state index contributed by atoms with van der Waals surface area (Å²) in [5.74, 6) is 5.65. The molecule has 1 atom stereocenters. The molecule has 0 spiro atoms. The van der Waals surface area contributed by atoms with Crippen molar-refractivity contribution in [3.63, 3.8) is 0 Å². The predicted octanol–water partition coefficient (Wildman–Crippen LogP) is 3.51. The third kappa shape index (κ3) is 3.39. The summed E-state index contributed by atoms with van der Waals surface area (Å²) in [6.45, 7) is 2.19. The molecule has 92 valence electrons. The van der Waals surface area contributed by atoms with E-state index in [0.29, 0.717) is 0 Å². The summed E-state index contributed by atoms with van der Waals surface area (Å²) in [5, 5.41) is 4.33. The highest BCUT2D eigenvalue weighted by molar-refractivity contribution is 7.12. The third-order valence-electron chi connectivity index (χ3n) is 2.88. The Morgan fingerprint density at radius 3 is 2.82 bits per heavy atom. The Morgan fingerprint density at radius 2 is 2.24 bits per heavy atom. The standard InChI is InChI=1S/C13H18N2S2/c1-2-11-4-6-13(17-11)12(15-14)5-3-10-7-8-16-9-10/h4,6-9,12,15H,2-3,5,14H2,1H3. The topological polar surface area (TPSA) is 38.0 Å².